The quantitative estimate of drug-likeness (QED) is 0.624. The van der Waals surface area contributed by atoms with E-state index in [1.165, 1.54) is 23.8 Å². The molecule has 3 aromatic rings. The summed E-state index contributed by atoms with van der Waals surface area (Å²) in [6, 6.07) is 16.8. The van der Waals surface area contributed by atoms with E-state index in [1.807, 2.05) is 37.3 Å². The monoisotopic (exact) mass is 396 g/mol. The number of hydrogen-bond acceptors (Lipinski definition) is 4. The molecule has 2 aromatic carbocycles. The molecule has 28 heavy (non-hydrogen) atoms. The molecule has 0 aliphatic heterocycles. The average molecular weight is 396 g/mol. The topological polar surface area (TPSA) is 114 Å². The Kier molecular flexibility index (Phi) is 5.43. The number of nitrogens with one attached hydrogen (secondary N) is 2. The molecule has 1 aromatic heterocycles. The number of hydrogen-bond donors (Lipinski definition) is 3. The number of sulfonamides is 1. The Hall–Kier alpha value is -3.23. The zero-order valence-electron chi connectivity index (χ0n) is 15.4. The zero-order chi connectivity index (χ0) is 20.3. The van der Waals surface area contributed by atoms with Crippen LogP contribution < -0.4 is 15.8 Å². The summed E-state index contributed by atoms with van der Waals surface area (Å²) in [5, 5.41) is 10.4. The Morgan fingerprint density at radius 1 is 0.964 bits per heavy atom. The van der Waals surface area contributed by atoms with Crippen molar-refractivity contribution in [3.8, 4) is 11.3 Å². The zero-order valence-corrected chi connectivity index (χ0v) is 16.2. The van der Waals surface area contributed by atoms with Crippen molar-refractivity contribution in [3.63, 3.8) is 0 Å². The number of carbonyl (C=O) groups is 1. The minimum atomic E-state index is -3.84. The summed E-state index contributed by atoms with van der Waals surface area (Å²) in [6.45, 7) is 3.82. The molecular formula is C20H20N4O3S. The second-order valence-corrected chi connectivity index (χ2v) is 7.91. The lowest BCUT2D eigenvalue weighted by Gasteiger charge is -2.11. The average Bonchev–Trinajstić information content (AvgIpc) is 2.63. The first-order valence-corrected chi connectivity index (χ1v) is 10.0. The number of primary sulfonamides is 1. The SMILES string of the molecule is Cc1ccc(-c2ccc(NC(=O)Nc3cccc(S(N)(=O)=O)c3)c(C)n2)cc1. The first-order chi connectivity index (χ1) is 13.2. The maximum absolute atomic E-state index is 12.3. The Morgan fingerprint density at radius 2 is 1.68 bits per heavy atom. The number of urea groups is 1. The molecule has 4 N–H and O–H groups in total. The Morgan fingerprint density at radius 3 is 2.32 bits per heavy atom. The molecular weight excluding hydrogens is 376 g/mol. The van der Waals surface area contributed by atoms with Crippen LogP contribution >= 0.6 is 0 Å². The van der Waals surface area contributed by atoms with Gasteiger partial charge in [0.15, 0.2) is 0 Å². The number of nitrogens with zero attached hydrogens (tertiary/aromatic N) is 1. The summed E-state index contributed by atoms with van der Waals surface area (Å²) in [7, 11) is -3.84. The van der Waals surface area contributed by atoms with Crippen LogP contribution in [0.3, 0.4) is 0 Å². The van der Waals surface area contributed by atoms with Gasteiger partial charge in [0.25, 0.3) is 0 Å². The van der Waals surface area contributed by atoms with E-state index in [4.69, 9.17) is 5.14 Å². The van der Waals surface area contributed by atoms with Crippen molar-refractivity contribution in [3.05, 3.63) is 71.9 Å². The van der Waals surface area contributed by atoms with Gasteiger partial charge in [0, 0.05) is 11.3 Å². The first-order valence-electron chi connectivity index (χ1n) is 8.48. The molecule has 0 unspecified atom stereocenters. The summed E-state index contributed by atoms with van der Waals surface area (Å²) in [5.41, 5.74) is 4.49. The Labute approximate surface area is 163 Å². The molecule has 0 fully saturated rings. The third-order valence-corrected chi connectivity index (χ3v) is 5.01. The standard InChI is InChI=1S/C20H20N4O3S/c1-13-6-8-15(9-7-13)19-11-10-18(14(2)22-19)24-20(25)23-16-4-3-5-17(12-16)28(21,26)27/h3-12H,1-2H3,(H2,21,26,27)(H2,23,24,25). The van der Waals surface area contributed by atoms with Crippen LogP contribution in [0.1, 0.15) is 11.3 Å². The van der Waals surface area contributed by atoms with Crippen molar-refractivity contribution in [2.75, 3.05) is 10.6 Å². The van der Waals surface area contributed by atoms with Crippen LogP contribution in [0.15, 0.2) is 65.6 Å². The molecule has 0 bridgehead atoms. The molecule has 0 saturated carbocycles. The molecule has 3 rings (SSSR count). The number of rotatable bonds is 4. The minimum absolute atomic E-state index is 0.0782. The van der Waals surface area contributed by atoms with Crippen molar-refractivity contribution in [1.82, 2.24) is 4.98 Å². The van der Waals surface area contributed by atoms with E-state index in [1.54, 1.807) is 19.1 Å². The maximum atomic E-state index is 12.3. The highest BCUT2D eigenvalue weighted by Crippen LogP contribution is 2.22. The molecule has 0 aliphatic carbocycles. The van der Waals surface area contributed by atoms with Gasteiger partial charge in [0.1, 0.15) is 0 Å². The largest absolute Gasteiger partial charge is 0.323 e. The second kappa shape index (κ2) is 7.79. The highest BCUT2D eigenvalue weighted by Gasteiger charge is 2.11. The molecule has 0 atom stereocenters. The van der Waals surface area contributed by atoms with Gasteiger partial charge in [0.2, 0.25) is 10.0 Å². The number of anilines is 2. The number of nitrogens with two attached hydrogens (primary N) is 1. The summed E-state index contributed by atoms with van der Waals surface area (Å²) in [6.07, 6.45) is 0. The van der Waals surface area contributed by atoms with E-state index < -0.39 is 16.1 Å². The maximum Gasteiger partial charge on any atom is 0.323 e. The van der Waals surface area contributed by atoms with Crippen molar-refractivity contribution >= 4 is 27.4 Å². The lowest BCUT2D eigenvalue weighted by Crippen LogP contribution is -2.20. The van der Waals surface area contributed by atoms with Crippen molar-refractivity contribution < 1.29 is 13.2 Å². The number of pyridine rings is 1. The van der Waals surface area contributed by atoms with E-state index in [9.17, 15) is 13.2 Å². The number of aryl methyl sites for hydroxylation is 2. The van der Waals surface area contributed by atoms with E-state index in [-0.39, 0.29) is 4.90 Å². The summed E-state index contributed by atoms with van der Waals surface area (Å²) >= 11 is 0. The van der Waals surface area contributed by atoms with Gasteiger partial charge in [-0.15, -0.1) is 0 Å². The highest BCUT2D eigenvalue weighted by molar-refractivity contribution is 7.89. The van der Waals surface area contributed by atoms with Crippen molar-refractivity contribution in [2.45, 2.75) is 18.7 Å². The van der Waals surface area contributed by atoms with Gasteiger partial charge in [-0.2, -0.15) is 0 Å². The fourth-order valence-corrected chi connectivity index (χ4v) is 3.17. The molecule has 7 nitrogen and oxygen atoms in total. The number of amides is 2. The summed E-state index contributed by atoms with van der Waals surface area (Å²) < 4.78 is 22.8. The number of carbonyl (C=O) groups excluding carboxylic acids is 1. The molecule has 0 saturated heterocycles. The predicted molar refractivity (Wildman–Crippen MR) is 110 cm³/mol. The van der Waals surface area contributed by atoms with E-state index >= 15 is 0 Å². The predicted octanol–water partition coefficient (Wildman–Crippen LogP) is 3.66. The van der Waals surface area contributed by atoms with Gasteiger partial charge in [-0.25, -0.2) is 18.4 Å². The van der Waals surface area contributed by atoms with Crippen LogP contribution in [0.25, 0.3) is 11.3 Å². The van der Waals surface area contributed by atoms with E-state index in [0.717, 1.165) is 11.3 Å². The van der Waals surface area contributed by atoms with E-state index in [2.05, 4.69) is 15.6 Å². The molecule has 8 heteroatoms. The lowest BCUT2D eigenvalue weighted by atomic mass is 10.1. The molecule has 2 amide bonds. The lowest BCUT2D eigenvalue weighted by molar-refractivity contribution is 0.262. The Balaban J connectivity index is 1.73. The van der Waals surface area contributed by atoms with E-state index in [0.29, 0.717) is 17.1 Å². The van der Waals surface area contributed by atoms with Gasteiger partial charge >= 0.3 is 6.03 Å². The van der Waals surface area contributed by atoms with Gasteiger partial charge < -0.3 is 10.6 Å². The van der Waals surface area contributed by atoms with Crippen molar-refractivity contribution in [2.24, 2.45) is 5.14 Å². The smallest absolute Gasteiger partial charge is 0.308 e. The van der Waals surface area contributed by atoms with Crippen LogP contribution in [-0.4, -0.2) is 19.4 Å². The van der Waals surface area contributed by atoms with Crippen LogP contribution in [-0.2, 0) is 10.0 Å². The fourth-order valence-electron chi connectivity index (χ4n) is 2.61. The second-order valence-electron chi connectivity index (χ2n) is 6.35. The summed E-state index contributed by atoms with van der Waals surface area (Å²) in [5.74, 6) is 0. The molecule has 0 spiro atoms. The number of aromatic nitrogens is 1. The molecule has 0 aliphatic rings. The van der Waals surface area contributed by atoms with Crippen LogP contribution in [0, 0.1) is 13.8 Å². The van der Waals surface area contributed by atoms with Crippen LogP contribution in [0.5, 0.6) is 0 Å². The van der Waals surface area contributed by atoms with Gasteiger partial charge in [-0.05, 0) is 44.2 Å². The van der Waals surface area contributed by atoms with Crippen LogP contribution in [0.4, 0.5) is 16.2 Å². The molecule has 0 radical (unpaired) electrons. The summed E-state index contributed by atoms with van der Waals surface area (Å²) in [4.78, 5) is 16.7. The van der Waals surface area contributed by atoms with Gasteiger partial charge in [0.05, 0.1) is 22.0 Å². The molecule has 1 heterocycles. The van der Waals surface area contributed by atoms with Gasteiger partial charge in [-0.1, -0.05) is 35.9 Å². The van der Waals surface area contributed by atoms with Crippen molar-refractivity contribution in [1.29, 1.82) is 0 Å². The van der Waals surface area contributed by atoms with Crippen LogP contribution in [0.2, 0.25) is 0 Å². The molecule has 144 valence electrons. The normalized spacial score (nSPS) is 11.1. The third-order valence-electron chi connectivity index (χ3n) is 4.10. The first kappa shape index (κ1) is 19.5. The highest BCUT2D eigenvalue weighted by atomic mass is 32.2. The fraction of sp³-hybridized carbons (Fsp3) is 0.100. The Bertz CT molecular complexity index is 1130. The minimum Gasteiger partial charge on any atom is -0.308 e. The number of benzene rings is 2. The third kappa shape index (κ3) is 4.73. The van der Waals surface area contributed by atoms with Gasteiger partial charge in [-0.3, -0.25) is 4.98 Å².